The van der Waals surface area contributed by atoms with Gasteiger partial charge in [0.05, 0.1) is 12.2 Å². The van der Waals surface area contributed by atoms with Crippen LogP contribution >= 0.6 is 22.6 Å². The van der Waals surface area contributed by atoms with Crippen LogP contribution in [0.15, 0.2) is 24.3 Å². The molecule has 1 aromatic carbocycles. The lowest BCUT2D eigenvalue weighted by molar-refractivity contribution is -0.00461. The van der Waals surface area contributed by atoms with Gasteiger partial charge < -0.3 is 9.47 Å². The fourth-order valence-corrected chi connectivity index (χ4v) is 2.61. The van der Waals surface area contributed by atoms with Gasteiger partial charge in [-0.2, -0.15) is 0 Å². The Balaban J connectivity index is 1.94. The summed E-state index contributed by atoms with van der Waals surface area (Å²) in [6.07, 6.45) is 0.396. The minimum atomic E-state index is 0.198. The minimum Gasteiger partial charge on any atom is -0.377 e. The summed E-state index contributed by atoms with van der Waals surface area (Å²) < 4.78 is 12.1. The summed E-state index contributed by atoms with van der Waals surface area (Å²) in [5.41, 5.74) is 1.34. The zero-order valence-corrected chi connectivity index (χ0v) is 12.4. The number of halogens is 1. The lowest BCUT2D eigenvalue weighted by atomic mass is 10.2. The molecule has 1 aromatic rings. The van der Waals surface area contributed by atoms with Gasteiger partial charge in [0.25, 0.3) is 0 Å². The SMILES string of the molecule is COC1CN(Cc2ccc(I)cc2)CC1OC. The van der Waals surface area contributed by atoms with E-state index in [1.54, 1.807) is 14.2 Å². The van der Waals surface area contributed by atoms with Gasteiger partial charge in [0.1, 0.15) is 0 Å². The number of nitrogens with zero attached hydrogens (tertiary/aromatic N) is 1. The highest BCUT2D eigenvalue weighted by atomic mass is 127. The molecule has 0 aliphatic carbocycles. The maximum atomic E-state index is 5.43. The van der Waals surface area contributed by atoms with Gasteiger partial charge in [-0.3, -0.25) is 4.90 Å². The van der Waals surface area contributed by atoms with E-state index in [4.69, 9.17) is 9.47 Å². The third-order valence-corrected chi connectivity index (χ3v) is 3.94. The van der Waals surface area contributed by atoms with Crippen LogP contribution in [0, 0.1) is 3.57 Å². The Morgan fingerprint density at radius 3 is 2.12 bits per heavy atom. The number of likely N-dealkylation sites (tertiary alicyclic amines) is 1. The van der Waals surface area contributed by atoms with Crippen molar-refractivity contribution in [2.24, 2.45) is 0 Å². The third-order valence-electron chi connectivity index (χ3n) is 3.22. The van der Waals surface area contributed by atoms with E-state index < -0.39 is 0 Å². The maximum absolute atomic E-state index is 5.43. The highest BCUT2D eigenvalue weighted by Crippen LogP contribution is 2.18. The second-order valence-electron chi connectivity index (χ2n) is 4.37. The highest BCUT2D eigenvalue weighted by molar-refractivity contribution is 14.1. The van der Waals surface area contributed by atoms with Crippen LogP contribution in [0.25, 0.3) is 0 Å². The molecule has 1 fully saturated rings. The molecule has 2 rings (SSSR count). The third kappa shape index (κ3) is 3.40. The molecule has 2 atom stereocenters. The molecule has 94 valence electrons. The van der Waals surface area contributed by atoms with Crippen molar-refractivity contribution >= 4 is 22.6 Å². The molecule has 0 spiro atoms. The molecule has 0 radical (unpaired) electrons. The molecule has 0 bridgehead atoms. The molecule has 1 saturated heterocycles. The molecular weight excluding hydrogens is 329 g/mol. The Labute approximate surface area is 116 Å². The molecule has 3 nitrogen and oxygen atoms in total. The van der Waals surface area contributed by atoms with E-state index >= 15 is 0 Å². The summed E-state index contributed by atoms with van der Waals surface area (Å²) in [6.45, 7) is 2.86. The first kappa shape index (κ1) is 13.3. The van der Waals surface area contributed by atoms with Gasteiger partial charge in [-0.25, -0.2) is 0 Å². The Morgan fingerprint density at radius 2 is 1.65 bits per heavy atom. The summed E-state index contributed by atoms with van der Waals surface area (Å²) in [5.74, 6) is 0. The van der Waals surface area contributed by atoms with Crippen LogP contribution in [-0.4, -0.2) is 44.4 Å². The van der Waals surface area contributed by atoms with Crippen LogP contribution < -0.4 is 0 Å². The van der Waals surface area contributed by atoms with E-state index in [-0.39, 0.29) is 12.2 Å². The summed E-state index contributed by atoms with van der Waals surface area (Å²) in [5, 5.41) is 0. The van der Waals surface area contributed by atoms with E-state index in [0.717, 1.165) is 19.6 Å². The van der Waals surface area contributed by atoms with Crippen LogP contribution in [0.3, 0.4) is 0 Å². The molecular formula is C13H18INO2. The van der Waals surface area contributed by atoms with Gasteiger partial charge >= 0.3 is 0 Å². The lowest BCUT2D eigenvalue weighted by Crippen LogP contribution is -2.27. The van der Waals surface area contributed by atoms with Crippen LogP contribution in [0.5, 0.6) is 0 Å². The first-order valence-electron chi connectivity index (χ1n) is 5.75. The van der Waals surface area contributed by atoms with E-state index in [1.807, 2.05) is 0 Å². The first-order chi connectivity index (χ1) is 8.22. The molecule has 2 unspecified atom stereocenters. The smallest absolute Gasteiger partial charge is 0.0971 e. The number of hydrogen-bond donors (Lipinski definition) is 0. The second-order valence-corrected chi connectivity index (χ2v) is 5.61. The molecule has 17 heavy (non-hydrogen) atoms. The van der Waals surface area contributed by atoms with Gasteiger partial charge in [0, 0.05) is 37.4 Å². The Bertz CT molecular complexity index is 343. The molecule has 1 aliphatic heterocycles. The van der Waals surface area contributed by atoms with E-state index in [2.05, 4.69) is 51.8 Å². The molecule has 0 N–H and O–H groups in total. The number of benzene rings is 1. The Kier molecular flexibility index (Phi) is 4.78. The molecule has 0 aromatic heterocycles. The monoisotopic (exact) mass is 347 g/mol. The highest BCUT2D eigenvalue weighted by Gasteiger charge is 2.32. The fourth-order valence-electron chi connectivity index (χ4n) is 2.25. The first-order valence-corrected chi connectivity index (χ1v) is 6.83. The Morgan fingerprint density at radius 1 is 1.12 bits per heavy atom. The van der Waals surface area contributed by atoms with Crippen molar-refractivity contribution in [2.75, 3.05) is 27.3 Å². The van der Waals surface area contributed by atoms with Crippen molar-refractivity contribution < 1.29 is 9.47 Å². The minimum absolute atomic E-state index is 0.198. The molecule has 0 amide bonds. The summed E-state index contributed by atoms with van der Waals surface area (Å²) in [4.78, 5) is 2.38. The summed E-state index contributed by atoms with van der Waals surface area (Å²) in [6, 6.07) is 8.66. The fraction of sp³-hybridized carbons (Fsp3) is 0.538. The van der Waals surface area contributed by atoms with E-state index in [9.17, 15) is 0 Å². The van der Waals surface area contributed by atoms with Crippen molar-refractivity contribution in [1.82, 2.24) is 4.90 Å². The maximum Gasteiger partial charge on any atom is 0.0971 e. The number of ether oxygens (including phenoxy) is 2. The van der Waals surface area contributed by atoms with Crippen molar-refractivity contribution in [3.63, 3.8) is 0 Å². The van der Waals surface area contributed by atoms with Crippen molar-refractivity contribution in [3.05, 3.63) is 33.4 Å². The van der Waals surface area contributed by atoms with Gasteiger partial charge in [-0.15, -0.1) is 0 Å². The predicted molar refractivity (Wildman–Crippen MR) is 76.0 cm³/mol. The quantitative estimate of drug-likeness (QED) is 0.779. The lowest BCUT2D eigenvalue weighted by Gasteiger charge is -2.15. The van der Waals surface area contributed by atoms with Crippen LogP contribution in [-0.2, 0) is 16.0 Å². The van der Waals surface area contributed by atoms with Gasteiger partial charge in [-0.05, 0) is 40.3 Å². The number of methoxy groups -OCH3 is 2. The van der Waals surface area contributed by atoms with Crippen molar-refractivity contribution in [3.8, 4) is 0 Å². The summed E-state index contributed by atoms with van der Waals surface area (Å²) >= 11 is 2.33. The van der Waals surface area contributed by atoms with Crippen molar-refractivity contribution in [2.45, 2.75) is 18.8 Å². The van der Waals surface area contributed by atoms with Crippen LogP contribution in [0.1, 0.15) is 5.56 Å². The Hall–Kier alpha value is -0.170. The van der Waals surface area contributed by atoms with Gasteiger partial charge in [0.15, 0.2) is 0 Å². The van der Waals surface area contributed by atoms with Crippen LogP contribution in [0.4, 0.5) is 0 Å². The normalized spacial score (nSPS) is 25.4. The standard InChI is InChI=1S/C13H18INO2/c1-16-12-8-15(9-13(12)17-2)7-10-3-5-11(14)6-4-10/h3-6,12-13H,7-9H2,1-2H3. The average molecular weight is 347 g/mol. The topological polar surface area (TPSA) is 21.7 Å². The average Bonchev–Trinajstić information content (AvgIpc) is 2.74. The predicted octanol–water partition coefficient (Wildman–Crippen LogP) is 2.14. The van der Waals surface area contributed by atoms with E-state index in [0.29, 0.717) is 0 Å². The van der Waals surface area contributed by atoms with Gasteiger partial charge in [0.2, 0.25) is 0 Å². The van der Waals surface area contributed by atoms with Crippen molar-refractivity contribution in [1.29, 1.82) is 0 Å². The number of rotatable bonds is 4. The summed E-state index contributed by atoms with van der Waals surface area (Å²) in [7, 11) is 3.51. The molecule has 4 heteroatoms. The van der Waals surface area contributed by atoms with Gasteiger partial charge in [-0.1, -0.05) is 12.1 Å². The zero-order chi connectivity index (χ0) is 12.3. The molecule has 1 aliphatic rings. The largest absolute Gasteiger partial charge is 0.377 e. The number of hydrogen-bond acceptors (Lipinski definition) is 3. The zero-order valence-electron chi connectivity index (χ0n) is 10.2. The van der Waals surface area contributed by atoms with Crippen LogP contribution in [0.2, 0.25) is 0 Å². The second kappa shape index (κ2) is 6.13. The van der Waals surface area contributed by atoms with E-state index in [1.165, 1.54) is 9.13 Å². The molecule has 0 saturated carbocycles. The molecule has 1 heterocycles.